The van der Waals surface area contributed by atoms with Gasteiger partial charge in [-0.1, -0.05) is 19.9 Å². The summed E-state index contributed by atoms with van der Waals surface area (Å²) in [5, 5.41) is 13.9. The minimum atomic E-state index is -0.588. The fraction of sp³-hybridized carbons (Fsp3) is 0.368. The number of aromatic nitrogens is 2. The minimum absolute atomic E-state index is 0.289. The highest BCUT2D eigenvalue weighted by molar-refractivity contribution is 5.76. The van der Waals surface area contributed by atoms with Crippen molar-refractivity contribution in [2.45, 2.75) is 33.9 Å². The van der Waals surface area contributed by atoms with Crippen LogP contribution in [0, 0.1) is 12.8 Å². The average molecular weight is 324 g/mol. The van der Waals surface area contributed by atoms with Gasteiger partial charge in [0.05, 0.1) is 5.69 Å². The van der Waals surface area contributed by atoms with Crippen LogP contribution in [-0.4, -0.2) is 27.8 Å². The molecule has 3 rings (SSSR count). The number of aliphatic hydroxyl groups is 1. The van der Waals surface area contributed by atoms with Crippen molar-refractivity contribution in [1.82, 2.24) is 9.97 Å². The molecule has 1 aliphatic rings. The van der Waals surface area contributed by atoms with E-state index in [2.05, 4.69) is 35.2 Å². The van der Waals surface area contributed by atoms with E-state index in [1.165, 1.54) is 0 Å². The van der Waals surface area contributed by atoms with Gasteiger partial charge >= 0.3 is 0 Å². The molecule has 2 aromatic rings. The van der Waals surface area contributed by atoms with Crippen molar-refractivity contribution in [3.8, 4) is 0 Å². The molecule has 1 atom stereocenters. The second-order valence-electron chi connectivity index (χ2n) is 6.43. The number of hydrogen-bond acceptors (Lipinski definition) is 5. The molecule has 0 aliphatic carbocycles. The molecule has 0 spiro atoms. The van der Waals surface area contributed by atoms with Crippen LogP contribution in [0.4, 0.5) is 17.3 Å². The summed E-state index contributed by atoms with van der Waals surface area (Å²) in [6.07, 6.45) is 5.14. The number of anilines is 3. The summed E-state index contributed by atoms with van der Waals surface area (Å²) in [6, 6.07) is 5.91. The first kappa shape index (κ1) is 16.5. The quantitative estimate of drug-likeness (QED) is 0.897. The molecule has 1 unspecified atom stereocenters. The molecule has 2 aromatic heterocycles. The normalized spacial score (nSPS) is 16.8. The standard InChI is InChI=1S/C19H24N4O/c1-5-23-16-9-18(22-17-7-6-13(4)10-20-17)21-11-14(16)8-15(12(2)3)19(23)24/h6-12,19,24H,5H2,1-4H3,(H,20,21,22). The molecule has 126 valence electrons. The van der Waals surface area contributed by atoms with E-state index in [4.69, 9.17) is 0 Å². The molecule has 5 heteroatoms. The van der Waals surface area contributed by atoms with Crippen molar-refractivity contribution >= 4 is 23.4 Å². The first-order valence-electron chi connectivity index (χ1n) is 8.35. The average Bonchev–Trinajstić information content (AvgIpc) is 2.56. The fourth-order valence-electron chi connectivity index (χ4n) is 2.93. The van der Waals surface area contributed by atoms with Crippen LogP contribution in [0.25, 0.3) is 6.08 Å². The van der Waals surface area contributed by atoms with Crippen molar-refractivity contribution < 1.29 is 5.11 Å². The largest absolute Gasteiger partial charge is 0.370 e. The molecule has 0 saturated carbocycles. The minimum Gasteiger partial charge on any atom is -0.370 e. The van der Waals surface area contributed by atoms with E-state index in [1.54, 1.807) is 0 Å². The molecule has 0 fully saturated rings. The number of aliphatic hydroxyl groups excluding tert-OH is 1. The third kappa shape index (κ3) is 3.12. The van der Waals surface area contributed by atoms with E-state index in [0.29, 0.717) is 0 Å². The molecule has 0 radical (unpaired) electrons. The van der Waals surface area contributed by atoms with Crippen LogP contribution in [0.15, 0.2) is 36.2 Å². The zero-order chi connectivity index (χ0) is 17.3. The number of pyridine rings is 2. The van der Waals surface area contributed by atoms with E-state index in [1.807, 2.05) is 49.3 Å². The maximum atomic E-state index is 10.7. The summed E-state index contributed by atoms with van der Waals surface area (Å²) in [4.78, 5) is 10.8. The number of nitrogens with one attached hydrogen (secondary N) is 1. The van der Waals surface area contributed by atoms with Crippen LogP contribution in [-0.2, 0) is 0 Å². The Kier molecular flexibility index (Phi) is 4.53. The van der Waals surface area contributed by atoms with Crippen molar-refractivity contribution in [2.75, 3.05) is 16.8 Å². The van der Waals surface area contributed by atoms with Gasteiger partial charge in [0.2, 0.25) is 0 Å². The second-order valence-corrected chi connectivity index (χ2v) is 6.43. The number of likely N-dealkylation sites (N-methyl/N-ethyl adjacent to an activating group) is 1. The van der Waals surface area contributed by atoms with E-state index in [-0.39, 0.29) is 5.92 Å². The smallest absolute Gasteiger partial charge is 0.149 e. The second kappa shape index (κ2) is 6.61. The SMILES string of the molecule is CCN1c2cc(Nc3ccc(C)cn3)ncc2C=C(C(C)C)C1O. The summed E-state index contributed by atoms with van der Waals surface area (Å²) >= 11 is 0. The molecule has 3 heterocycles. The third-order valence-corrected chi connectivity index (χ3v) is 4.31. The third-order valence-electron chi connectivity index (χ3n) is 4.31. The Labute approximate surface area is 143 Å². The zero-order valence-electron chi connectivity index (χ0n) is 14.6. The van der Waals surface area contributed by atoms with Gasteiger partial charge in [0, 0.05) is 30.6 Å². The highest BCUT2D eigenvalue weighted by Crippen LogP contribution is 2.35. The monoisotopic (exact) mass is 324 g/mol. The molecular formula is C19H24N4O. The molecule has 0 amide bonds. The van der Waals surface area contributed by atoms with Crippen LogP contribution in [0.5, 0.6) is 0 Å². The number of rotatable bonds is 4. The highest BCUT2D eigenvalue weighted by Gasteiger charge is 2.27. The lowest BCUT2D eigenvalue weighted by Crippen LogP contribution is -2.40. The van der Waals surface area contributed by atoms with Gasteiger partial charge < -0.3 is 15.3 Å². The van der Waals surface area contributed by atoms with Gasteiger partial charge in [-0.05, 0) is 43.0 Å². The van der Waals surface area contributed by atoms with Crippen molar-refractivity contribution in [2.24, 2.45) is 5.92 Å². The lowest BCUT2D eigenvalue weighted by atomic mass is 9.94. The summed E-state index contributed by atoms with van der Waals surface area (Å²) in [5.41, 5.74) is 4.16. The molecule has 0 saturated heterocycles. The number of fused-ring (bicyclic) bond motifs is 1. The van der Waals surface area contributed by atoms with Gasteiger partial charge in [-0.2, -0.15) is 0 Å². The van der Waals surface area contributed by atoms with Crippen LogP contribution in [0.2, 0.25) is 0 Å². The molecule has 0 aromatic carbocycles. The molecule has 5 nitrogen and oxygen atoms in total. The predicted octanol–water partition coefficient (Wildman–Crippen LogP) is 3.73. The Morgan fingerprint density at radius 1 is 1.21 bits per heavy atom. The van der Waals surface area contributed by atoms with Gasteiger partial charge in [0.15, 0.2) is 0 Å². The molecule has 2 N–H and O–H groups in total. The fourth-order valence-corrected chi connectivity index (χ4v) is 2.93. The Morgan fingerprint density at radius 2 is 1.96 bits per heavy atom. The van der Waals surface area contributed by atoms with Gasteiger partial charge in [0.1, 0.15) is 17.9 Å². The topological polar surface area (TPSA) is 61.3 Å². The number of nitrogens with zero attached hydrogens (tertiary/aromatic N) is 3. The van der Waals surface area contributed by atoms with E-state index < -0.39 is 6.23 Å². The predicted molar refractivity (Wildman–Crippen MR) is 98.3 cm³/mol. The van der Waals surface area contributed by atoms with Crippen molar-refractivity contribution in [3.63, 3.8) is 0 Å². The van der Waals surface area contributed by atoms with Crippen LogP contribution in [0.3, 0.4) is 0 Å². The molecule has 1 aliphatic heterocycles. The summed E-state index contributed by atoms with van der Waals surface area (Å²) in [6.45, 7) is 8.98. The van der Waals surface area contributed by atoms with Crippen LogP contribution in [0.1, 0.15) is 31.9 Å². The molecule has 0 bridgehead atoms. The van der Waals surface area contributed by atoms with Crippen molar-refractivity contribution in [1.29, 1.82) is 0 Å². The van der Waals surface area contributed by atoms with E-state index >= 15 is 0 Å². The maximum absolute atomic E-state index is 10.7. The van der Waals surface area contributed by atoms with Crippen LogP contribution >= 0.6 is 0 Å². The van der Waals surface area contributed by atoms with Crippen molar-refractivity contribution in [3.05, 3.63) is 47.3 Å². The molecular weight excluding hydrogens is 300 g/mol. The first-order chi connectivity index (χ1) is 11.5. The van der Waals surface area contributed by atoms with E-state index in [9.17, 15) is 5.11 Å². The Bertz CT molecular complexity index is 752. The Hall–Kier alpha value is -2.40. The summed E-state index contributed by atoms with van der Waals surface area (Å²) < 4.78 is 0. The summed E-state index contributed by atoms with van der Waals surface area (Å²) in [7, 11) is 0. The Balaban J connectivity index is 1.95. The Morgan fingerprint density at radius 3 is 2.58 bits per heavy atom. The first-order valence-corrected chi connectivity index (χ1v) is 8.35. The summed E-state index contributed by atoms with van der Waals surface area (Å²) in [5.74, 6) is 1.76. The maximum Gasteiger partial charge on any atom is 0.149 e. The van der Waals surface area contributed by atoms with Gasteiger partial charge in [-0.25, -0.2) is 9.97 Å². The van der Waals surface area contributed by atoms with Gasteiger partial charge in [0.25, 0.3) is 0 Å². The number of hydrogen-bond donors (Lipinski definition) is 2. The number of aryl methyl sites for hydroxylation is 1. The molecule has 24 heavy (non-hydrogen) atoms. The van der Waals surface area contributed by atoms with Crippen LogP contribution < -0.4 is 10.2 Å². The van der Waals surface area contributed by atoms with E-state index in [0.717, 1.165) is 40.6 Å². The zero-order valence-corrected chi connectivity index (χ0v) is 14.6. The lowest BCUT2D eigenvalue weighted by molar-refractivity contribution is 0.194. The lowest BCUT2D eigenvalue weighted by Gasteiger charge is -2.36. The van der Waals surface area contributed by atoms with Gasteiger partial charge in [-0.15, -0.1) is 0 Å². The van der Waals surface area contributed by atoms with Gasteiger partial charge in [-0.3, -0.25) is 0 Å². The highest BCUT2D eigenvalue weighted by atomic mass is 16.3.